The van der Waals surface area contributed by atoms with Gasteiger partial charge in [0.05, 0.1) is 5.25 Å². The number of nitrogens with one attached hydrogen (secondary N) is 2. The average Bonchev–Trinajstić information content (AvgIpc) is 2.31. The number of carbonyl (C=O) groups excluding carboxylic acids is 1. The SMILES string of the molecule is Cl.O=C(NC1CCCNC1)C1CSCCS1. The van der Waals surface area contributed by atoms with Crippen molar-refractivity contribution >= 4 is 41.8 Å². The van der Waals surface area contributed by atoms with E-state index in [1.165, 1.54) is 12.2 Å². The van der Waals surface area contributed by atoms with Crippen molar-refractivity contribution < 1.29 is 4.79 Å². The fourth-order valence-corrected chi connectivity index (χ4v) is 4.47. The topological polar surface area (TPSA) is 41.1 Å². The molecule has 2 aliphatic rings. The molecule has 2 fully saturated rings. The van der Waals surface area contributed by atoms with Crippen LogP contribution in [0, 0.1) is 0 Å². The molecule has 2 saturated heterocycles. The maximum Gasteiger partial charge on any atom is 0.234 e. The lowest BCUT2D eigenvalue weighted by Crippen LogP contribution is -2.49. The summed E-state index contributed by atoms with van der Waals surface area (Å²) in [6.45, 7) is 2.04. The fourth-order valence-electron chi connectivity index (χ4n) is 1.91. The van der Waals surface area contributed by atoms with Gasteiger partial charge in [0.1, 0.15) is 0 Å². The summed E-state index contributed by atoms with van der Waals surface area (Å²) in [5, 5.41) is 6.66. The van der Waals surface area contributed by atoms with E-state index in [0.29, 0.717) is 6.04 Å². The highest BCUT2D eigenvalue weighted by atomic mass is 35.5. The van der Waals surface area contributed by atoms with Crippen molar-refractivity contribution in [2.45, 2.75) is 24.1 Å². The predicted octanol–water partition coefficient (Wildman–Crippen LogP) is 1.12. The molecule has 0 radical (unpaired) electrons. The lowest BCUT2D eigenvalue weighted by Gasteiger charge is -2.27. The molecule has 0 aromatic carbocycles. The number of amides is 1. The Kier molecular flexibility index (Phi) is 6.96. The molecule has 2 rings (SSSR count). The van der Waals surface area contributed by atoms with Gasteiger partial charge in [-0.15, -0.1) is 24.2 Å². The molecular formula is C10H19ClN2OS2. The zero-order chi connectivity index (χ0) is 10.5. The molecule has 16 heavy (non-hydrogen) atoms. The van der Waals surface area contributed by atoms with Crippen LogP contribution in [0.4, 0.5) is 0 Å². The maximum absolute atomic E-state index is 11.9. The number of carbonyl (C=O) groups is 1. The van der Waals surface area contributed by atoms with Gasteiger partial charge in [0, 0.05) is 29.8 Å². The van der Waals surface area contributed by atoms with E-state index in [2.05, 4.69) is 10.6 Å². The minimum Gasteiger partial charge on any atom is -0.351 e. The second kappa shape index (κ2) is 7.69. The van der Waals surface area contributed by atoms with Gasteiger partial charge in [-0.3, -0.25) is 4.79 Å². The Balaban J connectivity index is 0.00000128. The number of halogens is 1. The van der Waals surface area contributed by atoms with Gasteiger partial charge in [-0.25, -0.2) is 0 Å². The number of thioether (sulfide) groups is 2. The first kappa shape index (κ1) is 14.5. The van der Waals surface area contributed by atoms with Crippen LogP contribution in [0.25, 0.3) is 0 Å². The van der Waals surface area contributed by atoms with Crippen molar-refractivity contribution in [3.05, 3.63) is 0 Å². The molecule has 2 N–H and O–H groups in total. The van der Waals surface area contributed by atoms with Gasteiger partial charge >= 0.3 is 0 Å². The van der Waals surface area contributed by atoms with E-state index in [0.717, 1.165) is 31.0 Å². The minimum atomic E-state index is 0. The molecule has 1 amide bonds. The highest BCUT2D eigenvalue weighted by Gasteiger charge is 2.24. The Hall–Kier alpha value is 0.420. The Morgan fingerprint density at radius 2 is 2.25 bits per heavy atom. The van der Waals surface area contributed by atoms with E-state index < -0.39 is 0 Å². The van der Waals surface area contributed by atoms with Crippen LogP contribution in [0.2, 0.25) is 0 Å². The largest absolute Gasteiger partial charge is 0.351 e. The highest BCUT2D eigenvalue weighted by molar-refractivity contribution is 8.07. The predicted molar refractivity (Wildman–Crippen MR) is 74.9 cm³/mol. The van der Waals surface area contributed by atoms with Gasteiger partial charge < -0.3 is 10.6 Å². The molecule has 2 unspecified atom stereocenters. The summed E-state index contributed by atoms with van der Waals surface area (Å²) in [5.41, 5.74) is 0. The van der Waals surface area contributed by atoms with Crippen molar-refractivity contribution in [2.24, 2.45) is 0 Å². The van der Waals surface area contributed by atoms with Gasteiger partial charge in [-0.1, -0.05) is 0 Å². The third-order valence-electron chi connectivity index (χ3n) is 2.75. The second-order valence-corrected chi connectivity index (χ2v) is 6.45. The smallest absolute Gasteiger partial charge is 0.234 e. The van der Waals surface area contributed by atoms with E-state index in [1.54, 1.807) is 11.8 Å². The summed E-state index contributed by atoms with van der Waals surface area (Å²) < 4.78 is 0. The van der Waals surface area contributed by atoms with Crippen LogP contribution >= 0.6 is 35.9 Å². The Morgan fingerprint density at radius 1 is 1.38 bits per heavy atom. The molecule has 94 valence electrons. The molecule has 2 aliphatic heterocycles. The second-order valence-electron chi connectivity index (χ2n) is 3.99. The molecule has 0 aromatic rings. The summed E-state index contributed by atoms with van der Waals surface area (Å²) in [5.74, 6) is 3.54. The summed E-state index contributed by atoms with van der Waals surface area (Å²) >= 11 is 3.70. The monoisotopic (exact) mass is 282 g/mol. The number of hydrogen-bond donors (Lipinski definition) is 2. The van der Waals surface area contributed by atoms with Crippen LogP contribution in [0.15, 0.2) is 0 Å². The van der Waals surface area contributed by atoms with E-state index in [4.69, 9.17) is 0 Å². The number of rotatable bonds is 2. The Bertz CT molecular complexity index is 219. The van der Waals surface area contributed by atoms with Gasteiger partial charge in [0.25, 0.3) is 0 Å². The minimum absolute atomic E-state index is 0. The third-order valence-corrected chi connectivity index (χ3v) is 5.51. The van der Waals surface area contributed by atoms with Crippen molar-refractivity contribution in [3.63, 3.8) is 0 Å². The first-order valence-electron chi connectivity index (χ1n) is 5.57. The first-order chi connectivity index (χ1) is 7.36. The van der Waals surface area contributed by atoms with Gasteiger partial charge in [0.2, 0.25) is 5.91 Å². The number of hydrogen-bond acceptors (Lipinski definition) is 4. The van der Waals surface area contributed by atoms with Crippen LogP contribution < -0.4 is 10.6 Å². The van der Waals surface area contributed by atoms with Crippen LogP contribution in [0.1, 0.15) is 12.8 Å². The molecule has 0 aliphatic carbocycles. The molecule has 0 bridgehead atoms. The van der Waals surface area contributed by atoms with Crippen LogP contribution in [0.5, 0.6) is 0 Å². The Morgan fingerprint density at radius 3 is 2.88 bits per heavy atom. The average molecular weight is 283 g/mol. The van der Waals surface area contributed by atoms with Gasteiger partial charge in [-0.2, -0.15) is 11.8 Å². The molecule has 0 spiro atoms. The van der Waals surface area contributed by atoms with Crippen molar-refractivity contribution in [1.82, 2.24) is 10.6 Å². The normalized spacial score (nSPS) is 30.2. The summed E-state index contributed by atoms with van der Waals surface area (Å²) in [7, 11) is 0. The van der Waals surface area contributed by atoms with Crippen LogP contribution in [-0.2, 0) is 4.79 Å². The first-order valence-corrected chi connectivity index (χ1v) is 7.77. The maximum atomic E-state index is 11.9. The van der Waals surface area contributed by atoms with Crippen LogP contribution in [-0.4, -0.2) is 47.5 Å². The van der Waals surface area contributed by atoms with Crippen molar-refractivity contribution in [1.29, 1.82) is 0 Å². The molecule has 2 atom stereocenters. The standard InChI is InChI=1S/C10H18N2OS2.ClH/c13-10(9-7-14-4-5-15-9)12-8-2-1-3-11-6-8;/h8-9,11H,1-7H2,(H,12,13);1H. The van der Waals surface area contributed by atoms with Crippen molar-refractivity contribution in [2.75, 3.05) is 30.3 Å². The van der Waals surface area contributed by atoms with Gasteiger partial charge in [0.15, 0.2) is 0 Å². The summed E-state index contributed by atoms with van der Waals surface area (Å²) in [6.07, 6.45) is 2.31. The fraction of sp³-hybridized carbons (Fsp3) is 0.900. The third kappa shape index (κ3) is 4.35. The lowest BCUT2D eigenvalue weighted by molar-refractivity contribution is -0.121. The zero-order valence-corrected chi connectivity index (χ0v) is 11.7. The van der Waals surface area contributed by atoms with E-state index in [1.807, 2.05) is 11.8 Å². The lowest BCUT2D eigenvalue weighted by atomic mass is 10.1. The molecule has 3 nitrogen and oxygen atoms in total. The molecule has 2 heterocycles. The summed E-state index contributed by atoms with van der Waals surface area (Å²) in [4.78, 5) is 11.9. The molecular weight excluding hydrogens is 264 g/mol. The van der Waals surface area contributed by atoms with E-state index >= 15 is 0 Å². The summed E-state index contributed by atoms with van der Waals surface area (Å²) in [6, 6.07) is 0.360. The van der Waals surface area contributed by atoms with Crippen LogP contribution in [0.3, 0.4) is 0 Å². The Labute approximate surface area is 112 Å². The zero-order valence-electron chi connectivity index (χ0n) is 9.24. The highest BCUT2D eigenvalue weighted by Crippen LogP contribution is 2.24. The molecule has 0 saturated carbocycles. The van der Waals surface area contributed by atoms with E-state index in [-0.39, 0.29) is 23.6 Å². The van der Waals surface area contributed by atoms with Gasteiger partial charge in [-0.05, 0) is 19.4 Å². The number of piperidine rings is 1. The van der Waals surface area contributed by atoms with E-state index in [9.17, 15) is 4.79 Å². The molecule has 0 aromatic heterocycles. The quantitative estimate of drug-likeness (QED) is 0.797. The molecule has 6 heteroatoms. The van der Waals surface area contributed by atoms with Crippen molar-refractivity contribution in [3.8, 4) is 0 Å².